The molecule has 2 amide bonds. The first-order chi connectivity index (χ1) is 54.5. The summed E-state index contributed by atoms with van der Waals surface area (Å²) in [7, 11) is 0. The third-order valence-electron chi connectivity index (χ3n) is 13.1. The molecule has 7 saturated heterocycles. The Kier molecular flexibility index (Phi) is 212. The molecule has 0 aromatic rings. The van der Waals surface area contributed by atoms with Crippen LogP contribution in [-0.2, 0) is 66.8 Å². The van der Waals surface area contributed by atoms with Crippen molar-refractivity contribution in [3.63, 3.8) is 0 Å². The average Bonchev–Trinajstić information content (AvgIpc) is 0.837. The highest BCUT2D eigenvalue weighted by atomic mass is 32.2. The summed E-state index contributed by atoms with van der Waals surface area (Å²) >= 11 is 17.5. The zero-order chi connectivity index (χ0) is 97.0. The van der Waals surface area contributed by atoms with Crippen LogP contribution in [0.2, 0.25) is 0 Å². The molecule has 9 aliphatic rings. The van der Waals surface area contributed by atoms with Gasteiger partial charge in [-0.15, -0.1) is 47.0 Å². The number of hydrogen-bond donors (Lipinski definition) is 4. The Morgan fingerprint density at radius 2 is 0.413 bits per heavy atom. The minimum absolute atomic E-state index is 0. The van der Waals surface area contributed by atoms with Crippen LogP contribution < -0.4 is 21.3 Å². The van der Waals surface area contributed by atoms with Crippen LogP contribution in [0.4, 0.5) is 0 Å². The average molecular weight is 1890 g/mol. The van der Waals surface area contributed by atoms with Gasteiger partial charge in [0.25, 0.3) is 0 Å². The van der Waals surface area contributed by atoms with E-state index in [4.69, 9.17) is 43.4 Å². The van der Waals surface area contributed by atoms with Crippen LogP contribution in [0.15, 0.2) is 0 Å². The maximum absolute atomic E-state index is 11.1. The van der Waals surface area contributed by atoms with Gasteiger partial charge in [0.05, 0.1) is 66.7 Å². The second kappa shape index (κ2) is 134. The van der Waals surface area contributed by atoms with Crippen molar-refractivity contribution in [2.24, 2.45) is 16.2 Å². The fourth-order valence-electron chi connectivity index (χ4n) is 7.77. The quantitative estimate of drug-likeness (QED) is 0.0763. The third-order valence-corrected chi connectivity index (χ3v) is 18.7. The van der Waals surface area contributed by atoms with Gasteiger partial charge >= 0.3 is 11.9 Å². The molecular weight excluding hydrogens is 1690 g/mol. The van der Waals surface area contributed by atoms with Crippen molar-refractivity contribution in [3.05, 3.63) is 0 Å². The Hall–Kier alpha value is -1.84. The molecule has 0 spiro atoms. The first-order valence-electron chi connectivity index (χ1n) is 45.3. The standard InChI is InChI=1S/2C8H12O2.2C6H11NOS.2C6H11NS2.C6H8O4.2C6H12O2.17C2H6.CH4.9B/c2*1-8(2)6(9)4-3-5-7(8)10;4*1-6(2)7-5(8)3-4-9-6;1-6(2)4(7)9-3-10-5(6)8;2*1-6(2)7-4-3-5-8-6;17*1-2;;;;;;;;;;/h2*3-5H2,1-2H3;4*3-4H2,1-2H3,(H,7,8);3H2,1-2H3;2*3-5H2,1-2H3;17*1-2H3;1H4;;;;;;;;;. The van der Waals surface area contributed by atoms with Gasteiger partial charge in [0, 0.05) is 150 Å². The molecular formula is C93H206B9N4O14S6. The van der Waals surface area contributed by atoms with Crippen LogP contribution in [0.25, 0.3) is 0 Å². The molecule has 0 aromatic heterocycles. The van der Waals surface area contributed by atoms with Crippen molar-refractivity contribution < 1.29 is 66.8 Å². The lowest BCUT2D eigenvalue weighted by atomic mass is 9.75. The number of Topliss-reactive ketones (excluding diaryl/α,β-unsaturated/α-hetero) is 4. The zero-order valence-corrected chi connectivity index (χ0v) is 96.6. The predicted octanol–water partition coefficient (Wildman–Crippen LogP) is 25.2. The normalized spacial score (nSPS) is 17.4. The summed E-state index contributed by atoms with van der Waals surface area (Å²) in [5.41, 5.74) is -2.49. The van der Waals surface area contributed by atoms with Gasteiger partial charge in [-0.2, -0.15) is 0 Å². The molecule has 27 radical (unpaired) electrons. The van der Waals surface area contributed by atoms with Crippen LogP contribution in [0, 0.1) is 16.2 Å². The van der Waals surface area contributed by atoms with E-state index in [1.807, 2.05) is 314 Å². The van der Waals surface area contributed by atoms with Gasteiger partial charge in [0.1, 0.15) is 23.1 Å². The number of ketones is 4. The van der Waals surface area contributed by atoms with Crippen molar-refractivity contribution >= 4 is 204 Å². The Labute approximate surface area is 834 Å². The predicted molar refractivity (Wildman–Crippen MR) is 591 cm³/mol. The fraction of sp³-hybridized carbons (Fsp3) is 0.892. The van der Waals surface area contributed by atoms with Crippen molar-refractivity contribution in [2.75, 3.05) is 56.2 Å². The lowest BCUT2D eigenvalue weighted by molar-refractivity contribution is -0.244. The maximum atomic E-state index is 11.1. The number of amides is 2. The smallest absolute Gasteiger partial charge is 0.325 e. The summed E-state index contributed by atoms with van der Waals surface area (Å²) in [6.07, 6.45) is 9.33. The third kappa shape index (κ3) is 124. The van der Waals surface area contributed by atoms with Gasteiger partial charge in [-0.05, 0) is 150 Å². The second-order valence-corrected chi connectivity index (χ2v) is 32.6. The van der Waals surface area contributed by atoms with Crippen LogP contribution in [0.1, 0.15) is 445 Å². The molecule has 2 saturated carbocycles. The van der Waals surface area contributed by atoms with Crippen LogP contribution in [-0.4, -0.2) is 220 Å². The molecule has 0 atom stereocenters. The number of cyclic esters (lactones) is 2. The highest BCUT2D eigenvalue weighted by Gasteiger charge is 2.43. The van der Waals surface area contributed by atoms with Crippen LogP contribution in [0.3, 0.4) is 0 Å². The summed E-state index contributed by atoms with van der Waals surface area (Å²) < 4.78 is 29.9. The molecule has 126 heavy (non-hydrogen) atoms. The Morgan fingerprint density at radius 1 is 0.246 bits per heavy atom. The minimum Gasteiger partial charge on any atom is -0.427 e. The van der Waals surface area contributed by atoms with Gasteiger partial charge in [0.15, 0.2) is 17.0 Å². The van der Waals surface area contributed by atoms with E-state index in [1.54, 1.807) is 51.2 Å². The monoisotopic (exact) mass is 1890 g/mol. The van der Waals surface area contributed by atoms with E-state index in [-0.39, 0.29) is 156 Å². The molecule has 0 aromatic carbocycles. The van der Waals surface area contributed by atoms with E-state index in [0.717, 1.165) is 86.4 Å². The molecule has 7 heterocycles. The van der Waals surface area contributed by atoms with E-state index < -0.39 is 28.2 Å². The summed E-state index contributed by atoms with van der Waals surface area (Å²) in [6.45, 7) is 105. The fourth-order valence-corrected chi connectivity index (χ4v) is 12.9. The molecule has 2 aliphatic carbocycles. The van der Waals surface area contributed by atoms with Crippen molar-refractivity contribution in [1.82, 2.24) is 21.3 Å². The molecule has 33 heteroatoms. The molecule has 0 unspecified atom stereocenters. The Morgan fingerprint density at radius 3 is 0.516 bits per heavy atom. The summed E-state index contributed by atoms with van der Waals surface area (Å²) in [6, 6.07) is 0. The molecule has 18 nitrogen and oxygen atoms in total. The Bertz CT molecular complexity index is 1920. The number of carbonyl (C=O) groups is 8. The number of hydrogen-bond acceptors (Lipinski definition) is 20. The minimum atomic E-state index is -1.13. The topological polar surface area (TPSA) is 240 Å². The van der Waals surface area contributed by atoms with E-state index in [2.05, 4.69) is 58.4 Å². The van der Waals surface area contributed by atoms with Gasteiger partial charge in [-0.25, -0.2) is 0 Å². The summed E-state index contributed by atoms with van der Waals surface area (Å²) in [4.78, 5) is 89.8. The molecule has 9 rings (SSSR count). The first-order valence-corrected chi connectivity index (χ1v) is 50.1. The van der Waals surface area contributed by atoms with E-state index in [1.165, 1.54) is 25.4 Å². The highest BCUT2D eigenvalue weighted by Crippen LogP contribution is 2.31. The van der Waals surface area contributed by atoms with Gasteiger partial charge in [0.2, 0.25) is 18.6 Å². The molecule has 4 N–H and O–H groups in total. The van der Waals surface area contributed by atoms with Crippen LogP contribution >= 0.6 is 71.5 Å². The molecule has 745 valence electrons. The van der Waals surface area contributed by atoms with Gasteiger partial charge < -0.3 is 49.7 Å². The zero-order valence-electron chi connectivity index (χ0n) is 91.7. The lowest BCUT2D eigenvalue weighted by Gasteiger charge is -2.31. The molecule has 0 bridgehead atoms. The number of rotatable bonds is 0. The summed E-state index contributed by atoms with van der Waals surface area (Å²) in [5.74, 6) is 3.32. The second-order valence-electron chi connectivity index (χ2n) is 24.8. The van der Waals surface area contributed by atoms with Gasteiger partial charge in [-0.1, -0.05) is 267 Å². The van der Waals surface area contributed by atoms with Crippen molar-refractivity contribution in [3.8, 4) is 0 Å². The molecule has 9 fully saturated rings. The van der Waals surface area contributed by atoms with E-state index >= 15 is 0 Å². The van der Waals surface area contributed by atoms with E-state index in [9.17, 15) is 38.4 Å². The first kappa shape index (κ1) is 200. The number of ether oxygens (including phenoxy) is 6. The highest BCUT2D eigenvalue weighted by molar-refractivity contribution is 8.01. The number of thiocarbonyl (C=S) groups is 2. The number of nitrogens with one attached hydrogen (secondary N) is 4. The largest absolute Gasteiger partial charge is 0.427 e. The Balaban J connectivity index is -0.0000000332. The number of carbonyl (C=O) groups excluding carboxylic acids is 8. The number of thioether (sulfide) groups is 4. The SMILES string of the molecule is C.CC.CC.CC.CC.CC.CC.CC.CC.CC.CC.CC.CC.CC.CC.CC.CC.CC.CC1(C)C(=O)CCCC1=O.CC1(C)C(=O)CCCC1=O.CC1(C)C(=O)OCOC1=O.CC1(C)NC(=O)CCS1.CC1(C)NC(=O)CCS1.CC1(C)NC(=S)CCS1.CC1(C)NC(=S)CCS1.CC1(C)OCCCO1.CC1(C)OCCCO1.[B].[B].[B].[B].[B].[B].[B].[B].[B]. The summed E-state index contributed by atoms with van der Waals surface area (Å²) in [5, 5.41) is 12.3. The van der Waals surface area contributed by atoms with Crippen molar-refractivity contribution in [2.45, 2.75) is 476 Å². The lowest BCUT2D eigenvalue weighted by Crippen LogP contribution is -2.44. The number of esters is 2. The maximum Gasteiger partial charge on any atom is 0.325 e. The van der Waals surface area contributed by atoms with Crippen LogP contribution in [0.5, 0.6) is 0 Å². The van der Waals surface area contributed by atoms with Crippen molar-refractivity contribution in [1.29, 1.82) is 0 Å². The van der Waals surface area contributed by atoms with E-state index in [0.29, 0.717) is 38.5 Å². The van der Waals surface area contributed by atoms with Gasteiger partial charge in [-0.3, -0.25) is 38.4 Å². The molecule has 7 aliphatic heterocycles.